The van der Waals surface area contributed by atoms with Gasteiger partial charge in [-0.25, -0.2) is 0 Å². The van der Waals surface area contributed by atoms with Gasteiger partial charge in [0, 0.05) is 30.7 Å². The van der Waals surface area contributed by atoms with Crippen LogP contribution in [0.25, 0.3) is 0 Å². The summed E-state index contributed by atoms with van der Waals surface area (Å²) >= 11 is 5.84. The molecule has 0 radical (unpaired) electrons. The predicted molar refractivity (Wildman–Crippen MR) is 78.2 cm³/mol. The zero-order chi connectivity index (χ0) is 13.0. The predicted octanol–water partition coefficient (Wildman–Crippen LogP) is 1.96. The Hall–Kier alpha value is -0.970. The van der Waals surface area contributed by atoms with E-state index in [9.17, 15) is 4.79 Å². The summed E-state index contributed by atoms with van der Waals surface area (Å²) in [5.74, 6) is 0.641. The molecule has 2 rings (SSSR count). The number of nitrogens with one attached hydrogen (secondary N) is 1. The summed E-state index contributed by atoms with van der Waals surface area (Å²) in [6, 6.07) is 7.41. The van der Waals surface area contributed by atoms with E-state index in [4.69, 9.17) is 16.3 Å². The summed E-state index contributed by atoms with van der Waals surface area (Å²) in [4.78, 5) is 13.8. The molecule has 0 spiro atoms. The first-order valence-corrected chi connectivity index (χ1v) is 6.42. The van der Waals surface area contributed by atoms with E-state index >= 15 is 0 Å². The minimum atomic E-state index is 0. The number of hydrogen-bond donors (Lipinski definition) is 1. The molecule has 1 saturated heterocycles. The number of amides is 1. The first-order valence-electron chi connectivity index (χ1n) is 6.04. The Morgan fingerprint density at radius 1 is 1.58 bits per heavy atom. The van der Waals surface area contributed by atoms with Crippen LogP contribution in [-0.4, -0.2) is 43.1 Å². The molecule has 1 aliphatic heterocycles. The lowest BCUT2D eigenvalue weighted by Gasteiger charge is -2.31. The number of carbonyl (C=O) groups excluding carboxylic acids is 1. The Bertz CT molecular complexity index is 429. The first-order chi connectivity index (χ1) is 8.65. The molecule has 1 atom stereocenters. The maximum Gasteiger partial charge on any atom is 0.260 e. The van der Waals surface area contributed by atoms with Crippen molar-refractivity contribution in [1.82, 2.24) is 10.2 Å². The van der Waals surface area contributed by atoms with Crippen LogP contribution < -0.4 is 10.1 Å². The lowest BCUT2D eigenvalue weighted by atomic mass is 10.2. The Labute approximate surface area is 124 Å². The SMILES string of the molecule is CC1CN(C(=O)COc2cccc(Cl)c2)CCN1.Cl. The van der Waals surface area contributed by atoms with E-state index in [-0.39, 0.29) is 24.9 Å². The van der Waals surface area contributed by atoms with Gasteiger partial charge in [-0.3, -0.25) is 4.79 Å². The Kier molecular flexibility index (Phi) is 6.42. The van der Waals surface area contributed by atoms with Crippen LogP contribution in [0.1, 0.15) is 6.92 Å². The highest BCUT2D eigenvalue weighted by Crippen LogP contribution is 2.17. The quantitative estimate of drug-likeness (QED) is 0.928. The van der Waals surface area contributed by atoms with Crippen molar-refractivity contribution in [3.05, 3.63) is 29.3 Å². The average Bonchev–Trinajstić information content (AvgIpc) is 2.36. The van der Waals surface area contributed by atoms with Crippen LogP contribution in [0, 0.1) is 0 Å². The van der Waals surface area contributed by atoms with Crippen LogP contribution in [-0.2, 0) is 4.79 Å². The molecule has 1 fully saturated rings. The minimum Gasteiger partial charge on any atom is -0.484 e. The smallest absolute Gasteiger partial charge is 0.260 e. The molecule has 1 amide bonds. The average molecular weight is 305 g/mol. The third kappa shape index (κ3) is 4.90. The van der Waals surface area contributed by atoms with Crippen molar-refractivity contribution in [3.8, 4) is 5.75 Å². The minimum absolute atomic E-state index is 0. The van der Waals surface area contributed by atoms with E-state index in [2.05, 4.69) is 12.2 Å². The lowest BCUT2D eigenvalue weighted by Crippen LogP contribution is -2.52. The van der Waals surface area contributed by atoms with Gasteiger partial charge in [0.15, 0.2) is 6.61 Å². The number of nitrogens with zero attached hydrogens (tertiary/aromatic N) is 1. The van der Waals surface area contributed by atoms with Gasteiger partial charge in [0.25, 0.3) is 5.91 Å². The molecule has 0 aliphatic carbocycles. The molecule has 0 bridgehead atoms. The lowest BCUT2D eigenvalue weighted by molar-refractivity contribution is -0.134. The third-order valence-corrected chi connectivity index (χ3v) is 3.11. The van der Waals surface area contributed by atoms with Crippen LogP contribution in [0.15, 0.2) is 24.3 Å². The zero-order valence-electron chi connectivity index (χ0n) is 10.8. The maximum atomic E-state index is 11.9. The van der Waals surface area contributed by atoms with E-state index < -0.39 is 0 Å². The molecule has 6 heteroatoms. The molecule has 0 saturated carbocycles. The molecule has 1 aromatic rings. The number of rotatable bonds is 3. The van der Waals surface area contributed by atoms with Crippen molar-refractivity contribution in [2.75, 3.05) is 26.2 Å². The van der Waals surface area contributed by atoms with Gasteiger partial charge in [-0.15, -0.1) is 12.4 Å². The fraction of sp³-hybridized carbons (Fsp3) is 0.462. The fourth-order valence-corrected chi connectivity index (χ4v) is 2.13. The van der Waals surface area contributed by atoms with Crippen molar-refractivity contribution >= 4 is 29.9 Å². The molecule has 4 nitrogen and oxygen atoms in total. The Balaban J connectivity index is 0.00000180. The van der Waals surface area contributed by atoms with Crippen LogP contribution >= 0.6 is 24.0 Å². The summed E-state index contributed by atoms with van der Waals surface area (Å²) in [5, 5.41) is 3.90. The van der Waals surface area contributed by atoms with Gasteiger partial charge in [0.1, 0.15) is 5.75 Å². The summed E-state index contributed by atoms with van der Waals surface area (Å²) in [7, 11) is 0. The van der Waals surface area contributed by atoms with Crippen molar-refractivity contribution in [3.63, 3.8) is 0 Å². The first kappa shape index (κ1) is 16.1. The molecule has 1 N–H and O–H groups in total. The van der Waals surface area contributed by atoms with Gasteiger partial charge in [-0.05, 0) is 25.1 Å². The van der Waals surface area contributed by atoms with Gasteiger partial charge in [-0.2, -0.15) is 0 Å². The van der Waals surface area contributed by atoms with Crippen molar-refractivity contribution in [2.45, 2.75) is 13.0 Å². The van der Waals surface area contributed by atoms with Crippen LogP contribution in [0.5, 0.6) is 5.75 Å². The summed E-state index contributed by atoms with van der Waals surface area (Å²) in [6.45, 7) is 4.44. The Morgan fingerprint density at radius 2 is 2.37 bits per heavy atom. The topological polar surface area (TPSA) is 41.6 Å². The van der Waals surface area contributed by atoms with Gasteiger partial charge >= 0.3 is 0 Å². The van der Waals surface area contributed by atoms with Gasteiger partial charge < -0.3 is 15.0 Å². The number of ether oxygens (including phenoxy) is 1. The van der Waals surface area contributed by atoms with E-state index in [1.165, 1.54) is 0 Å². The molecular formula is C13H18Cl2N2O2. The van der Waals surface area contributed by atoms with Gasteiger partial charge in [0.05, 0.1) is 0 Å². The third-order valence-electron chi connectivity index (χ3n) is 2.88. The fourth-order valence-electron chi connectivity index (χ4n) is 1.95. The number of carbonyl (C=O) groups is 1. The highest BCUT2D eigenvalue weighted by molar-refractivity contribution is 6.30. The van der Waals surface area contributed by atoms with E-state index in [0.29, 0.717) is 16.8 Å². The molecule has 106 valence electrons. The molecular weight excluding hydrogens is 287 g/mol. The van der Waals surface area contributed by atoms with E-state index in [1.807, 2.05) is 4.90 Å². The van der Waals surface area contributed by atoms with Crippen molar-refractivity contribution in [2.24, 2.45) is 0 Å². The molecule has 1 aliphatic rings. The monoisotopic (exact) mass is 304 g/mol. The van der Waals surface area contributed by atoms with Crippen LogP contribution in [0.2, 0.25) is 5.02 Å². The van der Waals surface area contributed by atoms with Crippen molar-refractivity contribution in [1.29, 1.82) is 0 Å². The highest BCUT2D eigenvalue weighted by atomic mass is 35.5. The second kappa shape index (κ2) is 7.58. The second-order valence-electron chi connectivity index (χ2n) is 4.44. The number of hydrogen-bond acceptors (Lipinski definition) is 3. The molecule has 0 aromatic heterocycles. The standard InChI is InChI=1S/C13H17ClN2O2.ClH/c1-10-8-16(6-5-15-10)13(17)9-18-12-4-2-3-11(14)7-12;/h2-4,7,10,15H,5-6,8-9H2,1H3;1H. The Morgan fingerprint density at radius 3 is 3.05 bits per heavy atom. The van der Waals surface area contributed by atoms with Crippen LogP contribution in [0.3, 0.4) is 0 Å². The summed E-state index contributed by atoms with van der Waals surface area (Å²) in [6.07, 6.45) is 0. The second-order valence-corrected chi connectivity index (χ2v) is 4.88. The number of benzene rings is 1. The van der Waals surface area contributed by atoms with Crippen molar-refractivity contribution < 1.29 is 9.53 Å². The molecule has 1 unspecified atom stereocenters. The van der Waals surface area contributed by atoms with Gasteiger partial charge in [-0.1, -0.05) is 17.7 Å². The summed E-state index contributed by atoms with van der Waals surface area (Å²) < 4.78 is 5.44. The zero-order valence-corrected chi connectivity index (χ0v) is 12.3. The molecule has 19 heavy (non-hydrogen) atoms. The molecule has 1 heterocycles. The van der Waals surface area contributed by atoms with Gasteiger partial charge in [0.2, 0.25) is 0 Å². The maximum absolute atomic E-state index is 11.9. The summed E-state index contributed by atoms with van der Waals surface area (Å²) in [5.41, 5.74) is 0. The largest absolute Gasteiger partial charge is 0.484 e. The highest BCUT2D eigenvalue weighted by Gasteiger charge is 2.20. The number of piperazine rings is 1. The molecule has 1 aromatic carbocycles. The van der Waals surface area contributed by atoms with E-state index in [0.717, 1.165) is 19.6 Å². The van der Waals surface area contributed by atoms with E-state index in [1.54, 1.807) is 24.3 Å². The number of halogens is 2. The van der Waals surface area contributed by atoms with Crippen LogP contribution in [0.4, 0.5) is 0 Å². The normalized spacial score (nSPS) is 18.6.